The minimum absolute atomic E-state index is 0.426. The quantitative estimate of drug-likeness (QED) is 0.881. The van der Waals surface area contributed by atoms with Crippen molar-refractivity contribution in [1.82, 2.24) is 9.97 Å². The number of oxazole rings is 1. The second-order valence-electron chi connectivity index (χ2n) is 5.07. The highest BCUT2D eigenvalue weighted by molar-refractivity contribution is 7.13. The first-order valence-corrected chi connectivity index (χ1v) is 7.05. The summed E-state index contributed by atoms with van der Waals surface area (Å²) in [5.41, 5.74) is 0.415. The van der Waals surface area contributed by atoms with Crippen LogP contribution in [0.1, 0.15) is 36.9 Å². The van der Waals surface area contributed by atoms with E-state index in [1.807, 2.05) is 13.8 Å². The van der Waals surface area contributed by atoms with Crippen LogP contribution in [0.15, 0.2) is 9.80 Å². The van der Waals surface area contributed by atoms with Gasteiger partial charge in [-0.15, -0.1) is 11.3 Å². The van der Waals surface area contributed by atoms with Crippen molar-refractivity contribution in [3.05, 3.63) is 28.4 Å². The molecule has 6 nitrogen and oxygen atoms in total. The van der Waals surface area contributed by atoms with E-state index < -0.39 is 11.4 Å². The molecule has 0 aliphatic carbocycles. The molecule has 0 unspecified atom stereocenters. The molecule has 0 saturated heterocycles. The van der Waals surface area contributed by atoms with Crippen LogP contribution in [0.25, 0.3) is 0 Å². The van der Waals surface area contributed by atoms with Crippen LogP contribution < -0.4 is 5.32 Å². The van der Waals surface area contributed by atoms with Gasteiger partial charge in [0.15, 0.2) is 5.13 Å². The van der Waals surface area contributed by atoms with Crippen LogP contribution in [0.2, 0.25) is 0 Å². The summed E-state index contributed by atoms with van der Waals surface area (Å²) in [5.74, 6) is 0.496. The van der Waals surface area contributed by atoms with Crippen molar-refractivity contribution in [2.75, 3.05) is 5.32 Å². The lowest BCUT2D eigenvalue weighted by Crippen LogP contribution is -2.28. The van der Waals surface area contributed by atoms with Gasteiger partial charge in [0.1, 0.15) is 11.2 Å². The summed E-state index contributed by atoms with van der Waals surface area (Å²) >= 11 is 1.37. The number of hydrogen-bond acceptors (Lipinski definition) is 6. The van der Waals surface area contributed by atoms with E-state index in [2.05, 4.69) is 15.3 Å². The largest absolute Gasteiger partial charge is 0.481 e. The van der Waals surface area contributed by atoms with E-state index in [0.29, 0.717) is 23.3 Å². The number of anilines is 1. The molecule has 2 heterocycles. The fourth-order valence-electron chi connectivity index (χ4n) is 1.52. The van der Waals surface area contributed by atoms with E-state index in [1.165, 1.54) is 11.3 Å². The molecular weight excluding hydrogens is 278 g/mol. The van der Waals surface area contributed by atoms with Crippen molar-refractivity contribution in [2.24, 2.45) is 0 Å². The highest BCUT2D eigenvalue weighted by atomic mass is 32.1. The molecule has 108 valence electrons. The normalized spacial score (nSPS) is 11.6. The van der Waals surface area contributed by atoms with Crippen LogP contribution >= 0.6 is 11.3 Å². The number of nitrogens with zero attached hydrogens (tertiary/aromatic N) is 2. The zero-order chi connectivity index (χ0) is 14.9. The summed E-state index contributed by atoms with van der Waals surface area (Å²) in [7, 11) is 0. The molecule has 0 aliphatic heterocycles. The second-order valence-corrected chi connectivity index (χ2v) is 5.93. The van der Waals surface area contributed by atoms with Gasteiger partial charge in [0.25, 0.3) is 0 Å². The Labute approximate surface area is 120 Å². The summed E-state index contributed by atoms with van der Waals surface area (Å²) < 4.78 is 5.46. The average molecular weight is 295 g/mol. The first-order valence-electron chi connectivity index (χ1n) is 6.17. The standard InChI is InChI=1S/C13H17N3O3S/c1-7-8(2)19-10(15-7)5-14-12-16-9(6-20-12)13(3,4)11(17)18/h6H,5H2,1-4H3,(H,14,16)(H,17,18). The van der Waals surface area contributed by atoms with E-state index in [-0.39, 0.29) is 0 Å². The Kier molecular flexibility index (Phi) is 3.80. The molecule has 0 saturated carbocycles. The maximum absolute atomic E-state index is 11.2. The summed E-state index contributed by atoms with van der Waals surface area (Å²) in [6, 6.07) is 0. The molecule has 7 heteroatoms. The topological polar surface area (TPSA) is 88.2 Å². The highest BCUT2D eigenvalue weighted by Crippen LogP contribution is 2.27. The summed E-state index contributed by atoms with van der Waals surface area (Å²) in [5, 5.41) is 14.7. The van der Waals surface area contributed by atoms with Crippen LogP contribution in [0.4, 0.5) is 5.13 Å². The number of aromatic nitrogens is 2. The van der Waals surface area contributed by atoms with Gasteiger partial charge in [0.05, 0.1) is 17.9 Å². The van der Waals surface area contributed by atoms with E-state index in [0.717, 1.165) is 11.5 Å². The number of aliphatic carboxylic acids is 1. The second kappa shape index (κ2) is 5.24. The molecule has 20 heavy (non-hydrogen) atoms. The molecular formula is C13H17N3O3S. The van der Waals surface area contributed by atoms with Crippen LogP contribution in [-0.2, 0) is 16.8 Å². The van der Waals surface area contributed by atoms with Crippen LogP contribution in [0, 0.1) is 13.8 Å². The Morgan fingerprint density at radius 3 is 2.70 bits per heavy atom. The predicted molar refractivity (Wildman–Crippen MR) is 76.1 cm³/mol. The molecule has 2 rings (SSSR count). The van der Waals surface area contributed by atoms with E-state index >= 15 is 0 Å². The summed E-state index contributed by atoms with van der Waals surface area (Å²) in [6.45, 7) is 7.45. The van der Waals surface area contributed by atoms with E-state index in [9.17, 15) is 4.79 Å². The van der Waals surface area contributed by atoms with Gasteiger partial charge in [0, 0.05) is 5.38 Å². The van der Waals surface area contributed by atoms with E-state index in [1.54, 1.807) is 19.2 Å². The third-order valence-corrected chi connectivity index (χ3v) is 3.94. The SMILES string of the molecule is Cc1nc(CNc2nc(C(C)(C)C(=O)O)cs2)oc1C. The maximum atomic E-state index is 11.2. The van der Waals surface area contributed by atoms with Gasteiger partial charge < -0.3 is 14.8 Å². The van der Waals surface area contributed by atoms with Crippen molar-refractivity contribution in [3.63, 3.8) is 0 Å². The Morgan fingerprint density at radius 2 is 2.15 bits per heavy atom. The lowest BCUT2D eigenvalue weighted by atomic mass is 9.90. The molecule has 0 amide bonds. The van der Waals surface area contributed by atoms with Gasteiger partial charge in [-0.3, -0.25) is 4.79 Å². The minimum atomic E-state index is -0.994. The van der Waals surface area contributed by atoms with Gasteiger partial charge in [0.2, 0.25) is 5.89 Å². The Balaban J connectivity index is 2.05. The first-order chi connectivity index (χ1) is 9.30. The third-order valence-electron chi connectivity index (χ3n) is 3.14. The molecule has 2 aromatic rings. The monoisotopic (exact) mass is 295 g/mol. The number of carboxylic acid groups (broad SMARTS) is 1. The Bertz CT molecular complexity index is 611. The summed E-state index contributed by atoms with van der Waals surface area (Å²) in [4.78, 5) is 19.7. The molecule has 2 aromatic heterocycles. The van der Waals surface area contributed by atoms with Crippen LogP contribution in [0.3, 0.4) is 0 Å². The zero-order valence-corrected chi connectivity index (χ0v) is 12.7. The number of thiazole rings is 1. The lowest BCUT2D eigenvalue weighted by molar-refractivity contribution is -0.142. The Hall–Kier alpha value is -1.89. The molecule has 2 N–H and O–H groups in total. The number of hydrogen-bond donors (Lipinski definition) is 2. The van der Waals surface area contributed by atoms with Crippen LogP contribution in [-0.4, -0.2) is 21.0 Å². The number of nitrogens with one attached hydrogen (secondary N) is 1. The summed E-state index contributed by atoms with van der Waals surface area (Å²) in [6.07, 6.45) is 0. The zero-order valence-electron chi connectivity index (χ0n) is 11.9. The molecule has 0 radical (unpaired) electrons. The molecule has 0 aliphatic rings. The van der Waals surface area contributed by atoms with Gasteiger partial charge in [-0.1, -0.05) is 0 Å². The average Bonchev–Trinajstić information content (AvgIpc) is 2.95. The van der Waals surface area contributed by atoms with Crippen molar-refractivity contribution in [3.8, 4) is 0 Å². The van der Waals surface area contributed by atoms with Crippen molar-refractivity contribution >= 4 is 22.4 Å². The molecule has 0 atom stereocenters. The smallest absolute Gasteiger partial charge is 0.315 e. The van der Waals surface area contributed by atoms with Gasteiger partial charge in [-0.2, -0.15) is 0 Å². The Morgan fingerprint density at radius 1 is 1.45 bits per heavy atom. The highest BCUT2D eigenvalue weighted by Gasteiger charge is 2.32. The predicted octanol–water partition coefficient (Wildman–Crippen LogP) is 2.72. The molecule has 0 aromatic carbocycles. The van der Waals surface area contributed by atoms with Gasteiger partial charge >= 0.3 is 5.97 Å². The molecule has 0 spiro atoms. The van der Waals surface area contributed by atoms with Gasteiger partial charge in [-0.25, -0.2) is 9.97 Å². The first kappa shape index (κ1) is 14.5. The fraction of sp³-hybridized carbons (Fsp3) is 0.462. The van der Waals surface area contributed by atoms with Crippen LogP contribution in [0.5, 0.6) is 0 Å². The molecule has 0 bridgehead atoms. The lowest BCUT2D eigenvalue weighted by Gasteiger charge is -2.15. The number of aryl methyl sites for hydroxylation is 2. The number of rotatable bonds is 5. The van der Waals surface area contributed by atoms with Crippen molar-refractivity contribution in [2.45, 2.75) is 39.7 Å². The van der Waals surface area contributed by atoms with E-state index in [4.69, 9.17) is 9.52 Å². The van der Waals surface area contributed by atoms with Crippen molar-refractivity contribution in [1.29, 1.82) is 0 Å². The minimum Gasteiger partial charge on any atom is -0.481 e. The number of carbonyl (C=O) groups is 1. The molecule has 0 fully saturated rings. The third kappa shape index (κ3) is 2.82. The van der Waals surface area contributed by atoms with Gasteiger partial charge in [-0.05, 0) is 27.7 Å². The van der Waals surface area contributed by atoms with Crippen molar-refractivity contribution < 1.29 is 14.3 Å². The fourth-order valence-corrected chi connectivity index (χ4v) is 2.39. The number of carboxylic acids is 1. The maximum Gasteiger partial charge on any atom is 0.315 e.